The van der Waals surface area contributed by atoms with Gasteiger partial charge in [0, 0.05) is 11.4 Å². The molecule has 120 valence electrons. The summed E-state index contributed by atoms with van der Waals surface area (Å²) in [6.45, 7) is 5.91. The molecule has 0 aliphatic heterocycles. The second-order valence-electron chi connectivity index (χ2n) is 5.94. The summed E-state index contributed by atoms with van der Waals surface area (Å²) in [4.78, 5) is 11.7. The van der Waals surface area contributed by atoms with Gasteiger partial charge >= 0.3 is 6.09 Å². The highest BCUT2D eigenvalue weighted by Crippen LogP contribution is 2.16. The molecule has 1 aromatic heterocycles. The molecule has 1 aromatic carbocycles. The summed E-state index contributed by atoms with van der Waals surface area (Å²) in [5.41, 5.74) is 0.987. The second kappa shape index (κ2) is 6.88. The molecule has 0 unspecified atom stereocenters. The molecule has 0 radical (unpaired) electrons. The van der Waals surface area contributed by atoms with E-state index in [4.69, 9.17) is 14.4 Å². The van der Waals surface area contributed by atoms with Gasteiger partial charge in [-0.15, -0.1) is 0 Å². The molecule has 23 heavy (non-hydrogen) atoms. The lowest BCUT2D eigenvalue weighted by Crippen LogP contribution is -2.27. The number of anilines is 2. The Balaban J connectivity index is 1.87. The summed E-state index contributed by atoms with van der Waals surface area (Å²) in [7, 11) is 0. The third-order valence-corrected chi connectivity index (χ3v) is 2.77. The average Bonchev–Trinajstić information content (AvgIpc) is 2.92. The Bertz CT molecular complexity index is 706. The minimum Gasteiger partial charge on any atom is -0.449 e. The first-order chi connectivity index (χ1) is 10.9. The summed E-state index contributed by atoms with van der Waals surface area (Å²) in [5.74, 6) is 0.969. The van der Waals surface area contributed by atoms with E-state index >= 15 is 0 Å². The van der Waals surface area contributed by atoms with Gasteiger partial charge in [-0.05, 0) is 57.2 Å². The maximum Gasteiger partial charge on any atom is 0.412 e. The first kappa shape index (κ1) is 16.4. The standard InChI is InChI=1S/C17H19N3O3/c1-17(2,3)23-16(21)20-13-6-4-12(5-7-13)19-11-15-9-8-14(10-18)22-15/h4-9,19H,11H2,1-3H3,(H,20,21). The third-order valence-electron chi connectivity index (χ3n) is 2.77. The molecular formula is C17H19N3O3. The Labute approximate surface area is 135 Å². The molecular weight excluding hydrogens is 294 g/mol. The highest BCUT2D eigenvalue weighted by Gasteiger charge is 2.16. The van der Waals surface area contributed by atoms with Gasteiger partial charge in [-0.3, -0.25) is 5.32 Å². The summed E-state index contributed by atoms with van der Waals surface area (Å²) in [5, 5.41) is 14.5. The van der Waals surface area contributed by atoms with E-state index in [0.29, 0.717) is 23.8 Å². The Morgan fingerprint density at radius 2 is 1.83 bits per heavy atom. The van der Waals surface area contributed by atoms with Crippen LogP contribution in [0.3, 0.4) is 0 Å². The van der Waals surface area contributed by atoms with Crippen molar-refractivity contribution in [3.05, 3.63) is 47.9 Å². The van der Waals surface area contributed by atoms with Crippen LogP contribution in [0.25, 0.3) is 0 Å². The van der Waals surface area contributed by atoms with Crippen LogP contribution in [0, 0.1) is 11.3 Å². The van der Waals surface area contributed by atoms with Gasteiger partial charge in [0.1, 0.15) is 17.4 Å². The van der Waals surface area contributed by atoms with Crippen LogP contribution in [-0.4, -0.2) is 11.7 Å². The number of furan rings is 1. The van der Waals surface area contributed by atoms with Crippen LogP contribution in [-0.2, 0) is 11.3 Å². The van der Waals surface area contributed by atoms with Crippen molar-refractivity contribution in [2.45, 2.75) is 32.9 Å². The number of nitrogens with one attached hydrogen (secondary N) is 2. The number of ether oxygens (including phenoxy) is 1. The molecule has 0 aliphatic carbocycles. The van der Waals surface area contributed by atoms with E-state index in [1.807, 2.05) is 39.0 Å². The zero-order chi connectivity index (χ0) is 16.9. The van der Waals surface area contributed by atoms with Crippen LogP contribution in [0.5, 0.6) is 0 Å². The fourth-order valence-electron chi connectivity index (χ4n) is 1.82. The van der Waals surface area contributed by atoms with Crippen LogP contribution in [0.4, 0.5) is 16.2 Å². The van der Waals surface area contributed by atoms with Crippen molar-refractivity contribution in [3.63, 3.8) is 0 Å². The quantitative estimate of drug-likeness (QED) is 0.887. The van der Waals surface area contributed by atoms with Gasteiger partial charge in [0.25, 0.3) is 0 Å². The lowest BCUT2D eigenvalue weighted by molar-refractivity contribution is 0.0636. The van der Waals surface area contributed by atoms with E-state index in [0.717, 1.165) is 5.69 Å². The molecule has 1 heterocycles. The number of nitrogens with zero attached hydrogens (tertiary/aromatic N) is 1. The smallest absolute Gasteiger partial charge is 0.412 e. The summed E-state index contributed by atoms with van der Waals surface area (Å²) < 4.78 is 10.5. The normalized spacial score (nSPS) is 10.7. The number of rotatable bonds is 4. The molecule has 2 aromatic rings. The van der Waals surface area contributed by atoms with Crippen LogP contribution >= 0.6 is 0 Å². The van der Waals surface area contributed by atoms with Crippen molar-refractivity contribution < 1.29 is 13.9 Å². The molecule has 0 atom stereocenters. The van der Waals surface area contributed by atoms with Crippen LogP contribution in [0.15, 0.2) is 40.8 Å². The molecule has 0 fully saturated rings. The molecule has 2 rings (SSSR count). The molecule has 6 nitrogen and oxygen atoms in total. The van der Waals surface area contributed by atoms with Gasteiger partial charge in [-0.1, -0.05) is 0 Å². The van der Waals surface area contributed by atoms with Crippen molar-refractivity contribution >= 4 is 17.5 Å². The van der Waals surface area contributed by atoms with Gasteiger partial charge in [0.05, 0.1) is 6.54 Å². The van der Waals surface area contributed by atoms with Gasteiger partial charge in [-0.25, -0.2) is 4.79 Å². The van der Waals surface area contributed by atoms with E-state index in [-0.39, 0.29) is 0 Å². The molecule has 1 amide bonds. The number of amides is 1. The topological polar surface area (TPSA) is 87.3 Å². The first-order valence-corrected chi connectivity index (χ1v) is 7.18. The number of hydrogen-bond donors (Lipinski definition) is 2. The maximum absolute atomic E-state index is 11.7. The van der Waals surface area contributed by atoms with Gasteiger partial charge < -0.3 is 14.5 Å². The molecule has 6 heteroatoms. The molecule has 0 saturated heterocycles. The van der Waals surface area contributed by atoms with Crippen LogP contribution in [0.1, 0.15) is 32.3 Å². The molecule has 2 N–H and O–H groups in total. The predicted octanol–water partition coefficient (Wildman–Crippen LogP) is 4.11. The predicted molar refractivity (Wildman–Crippen MR) is 87.0 cm³/mol. The third kappa shape index (κ3) is 5.40. The average molecular weight is 313 g/mol. The van der Waals surface area contributed by atoms with E-state index in [1.54, 1.807) is 24.3 Å². The number of benzene rings is 1. The number of nitriles is 1. The van der Waals surface area contributed by atoms with Crippen molar-refractivity contribution in [2.75, 3.05) is 10.6 Å². The second-order valence-corrected chi connectivity index (χ2v) is 5.94. The minimum atomic E-state index is -0.531. The lowest BCUT2D eigenvalue weighted by atomic mass is 10.2. The summed E-state index contributed by atoms with van der Waals surface area (Å²) in [6.07, 6.45) is -0.488. The fraction of sp³-hybridized carbons (Fsp3) is 0.294. The highest BCUT2D eigenvalue weighted by atomic mass is 16.6. The Kier molecular flexibility index (Phi) is 4.91. The fourth-order valence-corrected chi connectivity index (χ4v) is 1.82. The molecule has 0 aliphatic rings. The SMILES string of the molecule is CC(C)(C)OC(=O)Nc1ccc(NCc2ccc(C#N)o2)cc1. The monoisotopic (exact) mass is 313 g/mol. The van der Waals surface area contributed by atoms with Crippen molar-refractivity contribution in [1.82, 2.24) is 0 Å². The van der Waals surface area contributed by atoms with E-state index in [1.165, 1.54) is 0 Å². The largest absolute Gasteiger partial charge is 0.449 e. The summed E-state index contributed by atoms with van der Waals surface area (Å²) >= 11 is 0. The zero-order valence-corrected chi connectivity index (χ0v) is 13.3. The van der Waals surface area contributed by atoms with Crippen molar-refractivity contribution in [1.29, 1.82) is 5.26 Å². The van der Waals surface area contributed by atoms with Crippen LogP contribution in [0.2, 0.25) is 0 Å². The number of carbonyl (C=O) groups is 1. The van der Waals surface area contributed by atoms with Gasteiger partial charge in [0.15, 0.2) is 0 Å². The Hall–Kier alpha value is -2.94. The maximum atomic E-state index is 11.7. The van der Waals surface area contributed by atoms with E-state index in [9.17, 15) is 4.79 Å². The summed E-state index contributed by atoms with van der Waals surface area (Å²) in [6, 6.07) is 12.5. The number of carbonyl (C=O) groups excluding carboxylic acids is 1. The van der Waals surface area contributed by atoms with E-state index in [2.05, 4.69) is 10.6 Å². The lowest BCUT2D eigenvalue weighted by Gasteiger charge is -2.19. The number of hydrogen-bond acceptors (Lipinski definition) is 5. The van der Waals surface area contributed by atoms with Crippen molar-refractivity contribution in [3.8, 4) is 6.07 Å². The Morgan fingerprint density at radius 1 is 1.17 bits per heavy atom. The van der Waals surface area contributed by atoms with Gasteiger partial charge in [-0.2, -0.15) is 5.26 Å². The van der Waals surface area contributed by atoms with Gasteiger partial charge in [0.2, 0.25) is 5.76 Å². The minimum absolute atomic E-state index is 0.290. The van der Waals surface area contributed by atoms with E-state index < -0.39 is 11.7 Å². The van der Waals surface area contributed by atoms with Crippen molar-refractivity contribution in [2.24, 2.45) is 0 Å². The molecule has 0 spiro atoms. The highest BCUT2D eigenvalue weighted by molar-refractivity contribution is 5.85. The van der Waals surface area contributed by atoms with Crippen LogP contribution < -0.4 is 10.6 Å². The molecule has 0 bridgehead atoms. The zero-order valence-electron chi connectivity index (χ0n) is 13.3. The Morgan fingerprint density at radius 3 is 2.39 bits per heavy atom. The molecule has 0 saturated carbocycles. The first-order valence-electron chi connectivity index (χ1n) is 7.18.